The molecule has 0 bridgehead atoms. The smallest absolute Gasteiger partial charge is 0.462 e. The molecule has 0 saturated carbocycles. The second-order valence-electron chi connectivity index (χ2n) is 12.2. The first kappa shape index (κ1) is 44.3. The minimum absolute atomic E-state index is 0.193. The number of phosphoric acid groups is 1. The first-order chi connectivity index (χ1) is 22.3. The van der Waals surface area contributed by atoms with Crippen molar-refractivity contribution in [3.05, 3.63) is 36.5 Å². The van der Waals surface area contributed by atoms with Crippen molar-refractivity contribution in [2.75, 3.05) is 13.2 Å². The third-order valence-electron chi connectivity index (χ3n) is 7.67. The number of rotatable bonds is 33. The maximum absolute atomic E-state index is 12.3. The normalized spacial score (nSPS) is 12.9. The highest BCUT2D eigenvalue weighted by atomic mass is 31.2. The first-order valence-corrected chi connectivity index (χ1v) is 19.8. The molecule has 2 N–H and O–H groups in total. The summed E-state index contributed by atoms with van der Waals surface area (Å²) in [6.45, 7) is 3.54. The fraction of sp³-hybridized carbons (Fsp3) is 0.784. The number of ether oxygens (including phenoxy) is 2. The van der Waals surface area contributed by atoms with Crippen molar-refractivity contribution in [1.82, 2.24) is 0 Å². The Bertz CT molecular complexity index is 848. The van der Waals surface area contributed by atoms with Gasteiger partial charge >= 0.3 is 19.8 Å². The van der Waals surface area contributed by atoms with Gasteiger partial charge in [0.05, 0.1) is 6.61 Å². The van der Waals surface area contributed by atoms with Gasteiger partial charge in [0.2, 0.25) is 0 Å². The van der Waals surface area contributed by atoms with Crippen LogP contribution in [-0.2, 0) is 28.2 Å². The maximum Gasteiger partial charge on any atom is 0.469 e. The van der Waals surface area contributed by atoms with E-state index in [1.165, 1.54) is 64.2 Å². The minimum atomic E-state index is -4.75. The quantitative estimate of drug-likeness (QED) is 0.0306. The van der Waals surface area contributed by atoms with Crippen molar-refractivity contribution >= 4 is 19.8 Å². The summed E-state index contributed by atoms with van der Waals surface area (Å²) in [6.07, 6.45) is 37.2. The lowest BCUT2D eigenvalue weighted by Gasteiger charge is -2.18. The zero-order chi connectivity index (χ0) is 34.0. The maximum atomic E-state index is 12.3. The summed E-state index contributed by atoms with van der Waals surface area (Å²) in [4.78, 5) is 42.6. The molecular weight excluding hydrogens is 603 g/mol. The van der Waals surface area contributed by atoms with Gasteiger partial charge in [-0.25, -0.2) is 4.57 Å². The van der Waals surface area contributed by atoms with E-state index in [1.54, 1.807) is 0 Å². The molecular formula is C37H67O8P. The van der Waals surface area contributed by atoms with E-state index in [2.05, 4.69) is 54.8 Å². The van der Waals surface area contributed by atoms with E-state index in [0.29, 0.717) is 6.42 Å². The SMILES string of the molecule is CC/C=C\C/C=C\C/C=C\CCCCCCCC(=O)OC(COC(=O)CCCCCCCCCCCCCCC)COP(=O)(O)O. The summed E-state index contributed by atoms with van der Waals surface area (Å²) in [5, 5.41) is 0. The van der Waals surface area contributed by atoms with Crippen molar-refractivity contribution in [2.45, 2.75) is 174 Å². The highest BCUT2D eigenvalue weighted by Crippen LogP contribution is 2.36. The molecule has 0 aromatic heterocycles. The molecule has 0 aromatic carbocycles. The van der Waals surface area contributed by atoms with Gasteiger partial charge in [-0.05, 0) is 44.9 Å². The van der Waals surface area contributed by atoms with E-state index >= 15 is 0 Å². The van der Waals surface area contributed by atoms with Crippen LogP contribution >= 0.6 is 7.82 Å². The molecule has 0 aromatic rings. The Balaban J connectivity index is 4.00. The summed E-state index contributed by atoms with van der Waals surface area (Å²) >= 11 is 0. The number of carbonyl (C=O) groups excluding carboxylic acids is 2. The van der Waals surface area contributed by atoms with Gasteiger partial charge in [-0.1, -0.05) is 147 Å². The number of carbonyl (C=O) groups is 2. The van der Waals surface area contributed by atoms with Crippen LogP contribution in [0.3, 0.4) is 0 Å². The lowest BCUT2D eigenvalue weighted by molar-refractivity contribution is -0.161. The predicted molar refractivity (Wildman–Crippen MR) is 188 cm³/mol. The molecule has 268 valence electrons. The Morgan fingerprint density at radius 1 is 0.587 bits per heavy atom. The van der Waals surface area contributed by atoms with Gasteiger partial charge in [0.1, 0.15) is 6.61 Å². The summed E-state index contributed by atoms with van der Waals surface area (Å²) in [5.74, 6) is -0.903. The van der Waals surface area contributed by atoms with Gasteiger partial charge in [0.15, 0.2) is 6.10 Å². The number of esters is 2. The van der Waals surface area contributed by atoms with E-state index in [-0.39, 0.29) is 19.4 Å². The van der Waals surface area contributed by atoms with Crippen LogP contribution in [0.5, 0.6) is 0 Å². The van der Waals surface area contributed by atoms with Crippen molar-refractivity contribution in [1.29, 1.82) is 0 Å². The Labute approximate surface area is 281 Å². The van der Waals surface area contributed by atoms with Gasteiger partial charge in [0, 0.05) is 12.8 Å². The minimum Gasteiger partial charge on any atom is -0.462 e. The van der Waals surface area contributed by atoms with E-state index in [4.69, 9.17) is 19.3 Å². The molecule has 1 atom stereocenters. The molecule has 0 amide bonds. The highest BCUT2D eigenvalue weighted by Gasteiger charge is 2.22. The molecule has 0 aliphatic heterocycles. The molecule has 0 fully saturated rings. The third-order valence-corrected chi connectivity index (χ3v) is 8.16. The number of unbranched alkanes of at least 4 members (excludes halogenated alkanes) is 17. The lowest BCUT2D eigenvalue weighted by atomic mass is 10.0. The Kier molecular flexibility index (Phi) is 31.9. The van der Waals surface area contributed by atoms with Gasteiger partial charge < -0.3 is 19.3 Å². The lowest BCUT2D eigenvalue weighted by Crippen LogP contribution is -2.29. The zero-order valence-electron chi connectivity index (χ0n) is 29.2. The zero-order valence-corrected chi connectivity index (χ0v) is 30.1. The molecule has 1 unspecified atom stereocenters. The van der Waals surface area contributed by atoms with Gasteiger partial charge in [-0.15, -0.1) is 0 Å². The second-order valence-corrected chi connectivity index (χ2v) is 13.4. The van der Waals surface area contributed by atoms with E-state index < -0.39 is 32.5 Å². The fourth-order valence-corrected chi connectivity index (χ4v) is 5.34. The van der Waals surface area contributed by atoms with E-state index in [9.17, 15) is 14.2 Å². The molecule has 0 aliphatic carbocycles. The number of phosphoric ester groups is 1. The van der Waals surface area contributed by atoms with Crippen LogP contribution in [0, 0.1) is 0 Å². The molecule has 0 aliphatic rings. The number of hydrogen-bond donors (Lipinski definition) is 2. The van der Waals surface area contributed by atoms with E-state index in [0.717, 1.165) is 70.6 Å². The third kappa shape index (κ3) is 35.1. The van der Waals surface area contributed by atoms with E-state index in [1.807, 2.05) is 0 Å². The van der Waals surface area contributed by atoms with Gasteiger partial charge in [-0.3, -0.25) is 14.1 Å². The van der Waals surface area contributed by atoms with Crippen molar-refractivity contribution < 1.29 is 37.9 Å². The van der Waals surface area contributed by atoms with Crippen LogP contribution in [0.4, 0.5) is 0 Å². The van der Waals surface area contributed by atoms with Crippen LogP contribution in [0.25, 0.3) is 0 Å². The predicted octanol–water partition coefficient (Wildman–Crippen LogP) is 10.6. The monoisotopic (exact) mass is 670 g/mol. The molecule has 46 heavy (non-hydrogen) atoms. The van der Waals surface area contributed by atoms with Crippen LogP contribution < -0.4 is 0 Å². The molecule has 0 rings (SSSR count). The summed E-state index contributed by atoms with van der Waals surface area (Å²) < 4.78 is 26.3. The summed E-state index contributed by atoms with van der Waals surface area (Å²) in [7, 11) is -4.75. The first-order valence-electron chi connectivity index (χ1n) is 18.3. The second kappa shape index (κ2) is 33.2. The molecule has 8 nitrogen and oxygen atoms in total. The molecule has 0 spiro atoms. The average Bonchev–Trinajstić information content (AvgIpc) is 3.02. The number of allylic oxidation sites excluding steroid dienone is 6. The Hall–Kier alpha value is -1.73. The van der Waals surface area contributed by atoms with Crippen LogP contribution in [0.2, 0.25) is 0 Å². The largest absolute Gasteiger partial charge is 0.469 e. The highest BCUT2D eigenvalue weighted by molar-refractivity contribution is 7.46. The summed E-state index contributed by atoms with van der Waals surface area (Å²) in [5.41, 5.74) is 0. The number of hydrogen-bond acceptors (Lipinski definition) is 6. The van der Waals surface area contributed by atoms with Crippen LogP contribution in [-0.4, -0.2) is 41.0 Å². The van der Waals surface area contributed by atoms with Crippen molar-refractivity contribution in [3.8, 4) is 0 Å². The fourth-order valence-electron chi connectivity index (χ4n) is 4.97. The van der Waals surface area contributed by atoms with Gasteiger partial charge in [-0.2, -0.15) is 0 Å². The molecule has 0 radical (unpaired) electrons. The Morgan fingerprint density at radius 3 is 1.57 bits per heavy atom. The average molecular weight is 671 g/mol. The van der Waals surface area contributed by atoms with Crippen LogP contribution in [0.1, 0.15) is 168 Å². The standard InChI is InChI=1S/C37H67O8P/c1-3-5-7-9-11-13-15-17-18-20-22-24-26-28-30-32-37(39)45-35(34-44-46(40,41)42)33-43-36(38)31-29-27-25-23-21-19-16-14-12-10-8-6-4-2/h5,7,11,13,17-18,35H,3-4,6,8-10,12,14-16,19-34H2,1-2H3,(H2,40,41,42)/b7-5-,13-11-,18-17-. The molecule has 0 saturated heterocycles. The topological polar surface area (TPSA) is 119 Å². The molecule has 0 heterocycles. The van der Waals surface area contributed by atoms with Gasteiger partial charge in [0.25, 0.3) is 0 Å². The van der Waals surface area contributed by atoms with Crippen molar-refractivity contribution in [2.24, 2.45) is 0 Å². The Morgan fingerprint density at radius 2 is 1.04 bits per heavy atom. The van der Waals surface area contributed by atoms with Crippen LogP contribution in [0.15, 0.2) is 36.5 Å². The summed E-state index contributed by atoms with van der Waals surface area (Å²) in [6, 6.07) is 0. The molecule has 9 heteroatoms. The van der Waals surface area contributed by atoms with Crippen molar-refractivity contribution in [3.63, 3.8) is 0 Å².